The Labute approximate surface area is 116 Å². The fraction of sp³-hybridized carbons (Fsp3) is 0.0625. The number of aromatic hydroxyl groups is 1. The van der Waals surface area contributed by atoms with E-state index in [9.17, 15) is 9.50 Å². The highest BCUT2D eigenvalue weighted by Crippen LogP contribution is 2.21. The molecule has 3 nitrogen and oxygen atoms in total. The van der Waals surface area contributed by atoms with E-state index in [0.717, 1.165) is 17.0 Å². The van der Waals surface area contributed by atoms with Crippen LogP contribution in [-0.4, -0.2) is 14.7 Å². The van der Waals surface area contributed by atoms with E-state index in [2.05, 4.69) is 4.98 Å². The van der Waals surface area contributed by atoms with E-state index < -0.39 is 0 Å². The van der Waals surface area contributed by atoms with Crippen molar-refractivity contribution in [3.05, 3.63) is 72.3 Å². The highest BCUT2D eigenvalue weighted by atomic mass is 19.1. The van der Waals surface area contributed by atoms with Crippen molar-refractivity contribution in [2.24, 2.45) is 0 Å². The summed E-state index contributed by atoms with van der Waals surface area (Å²) < 4.78 is 14.9. The lowest BCUT2D eigenvalue weighted by atomic mass is 10.2. The number of benzene rings is 2. The zero-order valence-corrected chi connectivity index (χ0v) is 10.7. The van der Waals surface area contributed by atoms with E-state index in [1.165, 1.54) is 12.1 Å². The van der Waals surface area contributed by atoms with Gasteiger partial charge in [0.2, 0.25) is 0 Å². The second-order valence-electron chi connectivity index (χ2n) is 4.55. The van der Waals surface area contributed by atoms with Crippen LogP contribution in [0.15, 0.2) is 60.9 Å². The molecule has 100 valence electrons. The van der Waals surface area contributed by atoms with Crippen LogP contribution in [0.4, 0.5) is 4.39 Å². The minimum absolute atomic E-state index is 0.227. The second kappa shape index (κ2) is 5.17. The fourth-order valence-electron chi connectivity index (χ4n) is 2.09. The van der Waals surface area contributed by atoms with Crippen LogP contribution in [0.25, 0.3) is 11.4 Å². The lowest BCUT2D eigenvalue weighted by Crippen LogP contribution is -2.01. The van der Waals surface area contributed by atoms with E-state index in [0.29, 0.717) is 6.54 Å². The Hall–Kier alpha value is -2.62. The van der Waals surface area contributed by atoms with Gasteiger partial charge in [-0.2, -0.15) is 0 Å². The molecule has 0 atom stereocenters. The van der Waals surface area contributed by atoms with Gasteiger partial charge in [0.25, 0.3) is 0 Å². The average molecular weight is 268 g/mol. The van der Waals surface area contributed by atoms with Gasteiger partial charge < -0.3 is 9.67 Å². The predicted molar refractivity (Wildman–Crippen MR) is 74.8 cm³/mol. The van der Waals surface area contributed by atoms with Gasteiger partial charge >= 0.3 is 0 Å². The third-order valence-corrected chi connectivity index (χ3v) is 3.11. The number of phenolic OH excluding ortho intramolecular Hbond substituents is 1. The molecule has 0 aliphatic carbocycles. The first-order valence-electron chi connectivity index (χ1n) is 6.27. The number of rotatable bonds is 3. The maximum Gasteiger partial charge on any atom is 0.140 e. The van der Waals surface area contributed by atoms with Crippen molar-refractivity contribution in [2.45, 2.75) is 6.54 Å². The van der Waals surface area contributed by atoms with Crippen LogP contribution in [-0.2, 0) is 6.54 Å². The first-order chi connectivity index (χ1) is 9.72. The van der Waals surface area contributed by atoms with Gasteiger partial charge in [-0.1, -0.05) is 12.1 Å². The second-order valence-corrected chi connectivity index (χ2v) is 4.55. The molecule has 0 fully saturated rings. The monoisotopic (exact) mass is 268 g/mol. The lowest BCUT2D eigenvalue weighted by Gasteiger charge is -2.08. The zero-order valence-electron chi connectivity index (χ0n) is 10.7. The Morgan fingerprint density at radius 1 is 1.00 bits per heavy atom. The highest BCUT2D eigenvalue weighted by molar-refractivity contribution is 5.56. The van der Waals surface area contributed by atoms with Gasteiger partial charge in [0.1, 0.15) is 17.4 Å². The van der Waals surface area contributed by atoms with Gasteiger partial charge in [0.15, 0.2) is 0 Å². The zero-order chi connectivity index (χ0) is 13.9. The molecule has 0 amide bonds. The summed E-state index contributed by atoms with van der Waals surface area (Å²) in [6.45, 7) is 0.622. The van der Waals surface area contributed by atoms with E-state index in [1.807, 2.05) is 22.9 Å². The quantitative estimate of drug-likeness (QED) is 0.790. The molecule has 3 rings (SSSR count). The molecule has 1 aromatic heterocycles. The first kappa shape index (κ1) is 12.4. The van der Waals surface area contributed by atoms with E-state index in [1.54, 1.807) is 30.5 Å². The predicted octanol–water partition coefficient (Wildman–Crippen LogP) is 3.44. The van der Waals surface area contributed by atoms with Gasteiger partial charge in [-0.3, -0.25) is 0 Å². The van der Waals surface area contributed by atoms with Crippen molar-refractivity contribution >= 4 is 0 Å². The highest BCUT2D eigenvalue weighted by Gasteiger charge is 2.06. The molecule has 0 aliphatic rings. The topological polar surface area (TPSA) is 38.1 Å². The van der Waals surface area contributed by atoms with Crippen molar-refractivity contribution in [2.75, 3.05) is 0 Å². The number of imidazole rings is 1. The standard InChI is InChI=1S/C16H13FN2O/c17-14-5-1-12(2-6-14)11-19-10-9-18-16(19)13-3-7-15(20)8-4-13/h1-10,20H,11H2. The van der Waals surface area contributed by atoms with E-state index in [4.69, 9.17) is 0 Å². The molecule has 0 saturated carbocycles. The molecule has 1 heterocycles. The van der Waals surface area contributed by atoms with Gasteiger partial charge in [-0.25, -0.2) is 9.37 Å². The third-order valence-electron chi connectivity index (χ3n) is 3.11. The summed E-state index contributed by atoms with van der Waals surface area (Å²) in [5, 5.41) is 9.32. The summed E-state index contributed by atoms with van der Waals surface area (Å²) in [5.41, 5.74) is 1.93. The first-order valence-corrected chi connectivity index (χ1v) is 6.27. The maximum absolute atomic E-state index is 12.9. The Morgan fingerprint density at radius 3 is 2.40 bits per heavy atom. The molecule has 3 aromatic rings. The fourth-order valence-corrected chi connectivity index (χ4v) is 2.09. The van der Waals surface area contributed by atoms with Gasteiger partial charge in [0, 0.05) is 24.5 Å². The van der Waals surface area contributed by atoms with Crippen molar-refractivity contribution in [3.63, 3.8) is 0 Å². The molecule has 0 spiro atoms. The third kappa shape index (κ3) is 2.54. The molecule has 1 N–H and O–H groups in total. The number of nitrogens with zero attached hydrogens (tertiary/aromatic N) is 2. The van der Waals surface area contributed by atoms with Gasteiger partial charge in [-0.05, 0) is 42.0 Å². The number of phenols is 1. The van der Waals surface area contributed by atoms with Crippen molar-refractivity contribution in [3.8, 4) is 17.1 Å². The van der Waals surface area contributed by atoms with Crippen LogP contribution in [0.1, 0.15) is 5.56 Å². The summed E-state index contributed by atoms with van der Waals surface area (Å²) in [5.74, 6) is 0.804. The minimum atomic E-state index is -0.238. The van der Waals surface area contributed by atoms with E-state index in [-0.39, 0.29) is 11.6 Å². The normalized spacial score (nSPS) is 10.7. The molecule has 0 radical (unpaired) electrons. The van der Waals surface area contributed by atoms with Crippen LogP contribution in [0, 0.1) is 5.82 Å². The molecule has 0 unspecified atom stereocenters. The molecule has 20 heavy (non-hydrogen) atoms. The van der Waals surface area contributed by atoms with Crippen molar-refractivity contribution < 1.29 is 9.50 Å². The smallest absolute Gasteiger partial charge is 0.140 e. The number of halogens is 1. The summed E-state index contributed by atoms with van der Waals surface area (Å²) in [6, 6.07) is 13.3. The number of hydrogen-bond donors (Lipinski definition) is 1. The minimum Gasteiger partial charge on any atom is -0.508 e. The molecule has 0 bridgehead atoms. The van der Waals surface area contributed by atoms with Crippen LogP contribution in [0.5, 0.6) is 5.75 Å². The molecular formula is C16H13FN2O. The van der Waals surface area contributed by atoms with Crippen LogP contribution in [0.3, 0.4) is 0 Å². The van der Waals surface area contributed by atoms with Crippen molar-refractivity contribution in [1.29, 1.82) is 0 Å². The summed E-state index contributed by atoms with van der Waals surface area (Å²) >= 11 is 0. The van der Waals surface area contributed by atoms with E-state index >= 15 is 0 Å². The Morgan fingerprint density at radius 2 is 1.70 bits per heavy atom. The van der Waals surface area contributed by atoms with Crippen LogP contribution >= 0.6 is 0 Å². The molecular weight excluding hydrogens is 255 g/mol. The van der Waals surface area contributed by atoms with Crippen molar-refractivity contribution in [1.82, 2.24) is 9.55 Å². The molecule has 0 aliphatic heterocycles. The van der Waals surface area contributed by atoms with Gasteiger partial charge in [0.05, 0.1) is 0 Å². The average Bonchev–Trinajstić information content (AvgIpc) is 2.90. The molecule has 2 aromatic carbocycles. The Kier molecular flexibility index (Phi) is 3.21. The summed E-state index contributed by atoms with van der Waals surface area (Å²) in [4.78, 5) is 4.34. The SMILES string of the molecule is Oc1ccc(-c2nccn2Cc2ccc(F)cc2)cc1. The lowest BCUT2D eigenvalue weighted by molar-refractivity contribution is 0.475. The van der Waals surface area contributed by atoms with Crippen LogP contribution < -0.4 is 0 Å². The largest absolute Gasteiger partial charge is 0.508 e. The summed E-state index contributed by atoms with van der Waals surface area (Å²) in [7, 11) is 0. The Bertz CT molecular complexity index is 702. The maximum atomic E-state index is 12.9. The number of aromatic nitrogens is 2. The van der Waals surface area contributed by atoms with Crippen LogP contribution in [0.2, 0.25) is 0 Å². The Balaban J connectivity index is 1.90. The summed E-state index contributed by atoms with van der Waals surface area (Å²) in [6.07, 6.45) is 3.61. The van der Waals surface area contributed by atoms with Gasteiger partial charge in [-0.15, -0.1) is 0 Å². The molecule has 4 heteroatoms. The molecule has 0 saturated heterocycles. The number of hydrogen-bond acceptors (Lipinski definition) is 2.